The SMILES string of the molecule is CCNC(=NCc1ccc(OC)c(OC)c1)NCc1nc(-c2cccc(Cl)c2)no1.I. The molecule has 0 spiro atoms. The minimum absolute atomic E-state index is 0. The van der Waals surface area contributed by atoms with Crippen LogP contribution in [-0.4, -0.2) is 36.9 Å². The first-order chi connectivity index (χ1) is 14.6. The quantitative estimate of drug-likeness (QED) is 0.243. The van der Waals surface area contributed by atoms with Crippen LogP contribution in [0.25, 0.3) is 11.4 Å². The lowest BCUT2D eigenvalue weighted by atomic mass is 10.2. The number of benzene rings is 2. The summed E-state index contributed by atoms with van der Waals surface area (Å²) in [6.07, 6.45) is 0. The molecule has 3 rings (SSSR count). The van der Waals surface area contributed by atoms with Gasteiger partial charge in [-0.15, -0.1) is 24.0 Å². The van der Waals surface area contributed by atoms with Gasteiger partial charge in [0.15, 0.2) is 17.5 Å². The number of aliphatic imine (C=N–C) groups is 1. The van der Waals surface area contributed by atoms with E-state index in [0.29, 0.717) is 47.3 Å². The monoisotopic (exact) mass is 557 g/mol. The molecule has 0 saturated heterocycles. The smallest absolute Gasteiger partial charge is 0.246 e. The lowest BCUT2D eigenvalue weighted by Gasteiger charge is -2.11. The van der Waals surface area contributed by atoms with Crippen molar-refractivity contribution in [3.63, 3.8) is 0 Å². The van der Waals surface area contributed by atoms with Gasteiger partial charge in [0.05, 0.1) is 27.3 Å². The number of nitrogens with zero attached hydrogens (tertiary/aromatic N) is 3. The summed E-state index contributed by atoms with van der Waals surface area (Å²) in [5.74, 6) is 2.92. The summed E-state index contributed by atoms with van der Waals surface area (Å²) >= 11 is 6.02. The van der Waals surface area contributed by atoms with Crippen molar-refractivity contribution in [2.24, 2.45) is 4.99 Å². The Morgan fingerprint density at radius 3 is 2.61 bits per heavy atom. The fraction of sp³-hybridized carbons (Fsp3) is 0.286. The zero-order chi connectivity index (χ0) is 21.3. The third-order valence-corrected chi connectivity index (χ3v) is 4.40. The molecule has 0 atom stereocenters. The second-order valence-corrected chi connectivity index (χ2v) is 6.70. The van der Waals surface area contributed by atoms with Crippen LogP contribution < -0.4 is 20.1 Å². The Hall–Kier alpha value is -2.53. The number of nitrogens with one attached hydrogen (secondary N) is 2. The van der Waals surface area contributed by atoms with E-state index < -0.39 is 0 Å². The van der Waals surface area contributed by atoms with Crippen LogP contribution in [0.1, 0.15) is 18.4 Å². The second kappa shape index (κ2) is 12.4. The molecule has 0 fully saturated rings. The van der Waals surface area contributed by atoms with E-state index in [1.54, 1.807) is 26.4 Å². The van der Waals surface area contributed by atoms with E-state index >= 15 is 0 Å². The zero-order valence-corrected chi connectivity index (χ0v) is 20.6. The molecule has 0 aliphatic heterocycles. The molecule has 2 N–H and O–H groups in total. The topological polar surface area (TPSA) is 93.8 Å². The number of halogens is 2. The molecule has 0 aliphatic carbocycles. The minimum atomic E-state index is 0. The standard InChI is InChI=1S/C21H24ClN5O3.HI/c1-4-23-21(24-12-14-8-9-17(28-2)18(10-14)29-3)25-13-19-26-20(27-30-19)15-6-5-7-16(22)11-15;/h5-11H,4,12-13H2,1-3H3,(H2,23,24,25);1H. The van der Waals surface area contributed by atoms with Crippen LogP contribution in [0.4, 0.5) is 0 Å². The molecule has 31 heavy (non-hydrogen) atoms. The third kappa shape index (κ3) is 7.00. The predicted octanol–water partition coefficient (Wildman–Crippen LogP) is 4.28. The number of guanidine groups is 1. The lowest BCUT2D eigenvalue weighted by Crippen LogP contribution is -2.36. The van der Waals surface area contributed by atoms with Gasteiger partial charge in [0.1, 0.15) is 0 Å². The minimum Gasteiger partial charge on any atom is -0.493 e. The molecule has 3 aromatic rings. The van der Waals surface area contributed by atoms with Crippen molar-refractivity contribution < 1.29 is 14.0 Å². The average molecular weight is 558 g/mol. The van der Waals surface area contributed by atoms with Gasteiger partial charge in [0.25, 0.3) is 0 Å². The van der Waals surface area contributed by atoms with E-state index in [4.69, 9.17) is 25.6 Å². The molecule has 0 radical (unpaired) electrons. The molecule has 166 valence electrons. The van der Waals surface area contributed by atoms with E-state index in [2.05, 4.69) is 25.8 Å². The van der Waals surface area contributed by atoms with Crippen LogP contribution in [0.3, 0.4) is 0 Å². The highest BCUT2D eigenvalue weighted by Gasteiger charge is 2.10. The first-order valence-corrected chi connectivity index (χ1v) is 9.82. The van der Waals surface area contributed by atoms with Crippen LogP contribution >= 0.6 is 35.6 Å². The van der Waals surface area contributed by atoms with Crippen molar-refractivity contribution in [2.75, 3.05) is 20.8 Å². The summed E-state index contributed by atoms with van der Waals surface area (Å²) in [5, 5.41) is 11.0. The molecule has 0 aliphatic rings. The van der Waals surface area contributed by atoms with Gasteiger partial charge in [0.2, 0.25) is 11.7 Å². The molecule has 0 bridgehead atoms. The van der Waals surface area contributed by atoms with Gasteiger partial charge in [-0.3, -0.25) is 0 Å². The summed E-state index contributed by atoms with van der Waals surface area (Å²) in [4.78, 5) is 9.00. The number of rotatable bonds is 8. The van der Waals surface area contributed by atoms with Gasteiger partial charge in [-0.25, -0.2) is 4.99 Å². The van der Waals surface area contributed by atoms with Crippen molar-refractivity contribution in [3.05, 3.63) is 58.9 Å². The maximum atomic E-state index is 6.02. The summed E-state index contributed by atoms with van der Waals surface area (Å²) < 4.78 is 15.9. The number of hydrogen-bond acceptors (Lipinski definition) is 6. The summed E-state index contributed by atoms with van der Waals surface area (Å²) in [6.45, 7) is 3.52. The molecule has 0 saturated carbocycles. The van der Waals surface area contributed by atoms with Gasteiger partial charge < -0.3 is 24.6 Å². The van der Waals surface area contributed by atoms with Crippen molar-refractivity contribution >= 4 is 41.5 Å². The summed E-state index contributed by atoms with van der Waals surface area (Å²) in [6, 6.07) is 13.0. The van der Waals surface area contributed by atoms with E-state index in [9.17, 15) is 0 Å². The second-order valence-electron chi connectivity index (χ2n) is 6.26. The highest BCUT2D eigenvalue weighted by atomic mass is 127. The maximum Gasteiger partial charge on any atom is 0.246 e. The van der Waals surface area contributed by atoms with Crippen LogP contribution in [0, 0.1) is 0 Å². The Morgan fingerprint density at radius 1 is 1.10 bits per heavy atom. The highest BCUT2D eigenvalue weighted by Crippen LogP contribution is 2.27. The Bertz CT molecular complexity index is 1010. The number of hydrogen-bond donors (Lipinski definition) is 2. The van der Waals surface area contributed by atoms with E-state index in [0.717, 1.165) is 17.7 Å². The Morgan fingerprint density at radius 2 is 1.90 bits per heavy atom. The number of methoxy groups -OCH3 is 2. The summed E-state index contributed by atoms with van der Waals surface area (Å²) in [5.41, 5.74) is 1.79. The average Bonchev–Trinajstić information content (AvgIpc) is 3.24. The molecule has 8 nitrogen and oxygen atoms in total. The molecule has 0 unspecified atom stereocenters. The Kier molecular flexibility index (Phi) is 9.86. The fourth-order valence-electron chi connectivity index (χ4n) is 2.72. The molecule has 2 aromatic carbocycles. The van der Waals surface area contributed by atoms with Gasteiger partial charge in [0, 0.05) is 17.1 Å². The molecular weight excluding hydrogens is 533 g/mol. The van der Waals surface area contributed by atoms with Gasteiger partial charge in [-0.05, 0) is 36.8 Å². The number of ether oxygens (including phenoxy) is 2. The van der Waals surface area contributed by atoms with Crippen molar-refractivity contribution in [1.29, 1.82) is 0 Å². The van der Waals surface area contributed by atoms with Crippen molar-refractivity contribution in [3.8, 4) is 22.9 Å². The predicted molar refractivity (Wildman–Crippen MR) is 131 cm³/mol. The maximum absolute atomic E-state index is 6.02. The molecule has 1 aromatic heterocycles. The highest BCUT2D eigenvalue weighted by molar-refractivity contribution is 14.0. The summed E-state index contributed by atoms with van der Waals surface area (Å²) in [7, 11) is 3.22. The number of aromatic nitrogens is 2. The molecule has 10 heteroatoms. The lowest BCUT2D eigenvalue weighted by molar-refractivity contribution is 0.354. The van der Waals surface area contributed by atoms with E-state index in [1.165, 1.54) is 0 Å². The van der Waals surface area contributed by atoms with Gasteiger partial charge >= 0.3 is 0 Å². The van der Waals surface area contributed by atoms with Gasteiger partial charge in [-0.2, -0.15) is 4.98 Å². The molecule has 1 heterocycles. The third-order valence-electron chi connectivity index (χ3n) is 4.17. The first-order valence-electron chi connectivity index (χ1n) is 9.44. The van der Waals surface area contributed by atoms with Crippen LogP contribution in [0.15, 0.2) is 52.0 Å². The zero-order valence-electron chi connectivity index (χ0n) is 17.5. The van der Waals surface area contributed by atoms with Crippen molar-refractivity contribution in [2.45, 2.75) is 20.0 Å². The Balaban J connectivity index is 0.00000341. The molecular formula is C21H25ClIN5O3. The normalized spacial score (nSPS) is 10.9. The van der Waals surface area contributed by atoms with Crippen LogP contribution in [-0.2, 0) is 13.1 Å². The van der Waals surface area contributed by atoms with E-state index in [1.807, 2.05) is 37.3 Å². The fourth-order valence-corrected chi connectivity index (χ4v) is 2.91. The molecule has 0 amide bonds. The van der Waals surface area contributed by atoms with Crippen molar-refractivity contribution in [1.82, 2.24) is 20.8 Å². The van der Waals surface area contributed by atoms with Crippen LogP contribution in [0.5, 0.6) is 11.5 Å². The largest absolute Gasteiger partial charge is 0.493 e. The van der Waals surface area contributed by atoms with E-state index in [-0.39, 0.29) is 24.0 Å². The first kappa shape index (κ1) is 24.7. The Labute approximate surface area is 203 Å². The van der Waals surface area contributed by atoms with Crippen LogP contribution in [0.2, 0.25) is 5.02 Å². The van der Waals surface area contributed by atoms with Gasteiger partial charge in [-0.1, -0.05) is 35.0 Å².